The Morgan fingerprint density at radius 1 is 1.19 bits per heavy atom. The Balaban J connectivity index is 0.00000400. The zero-order valence-electron chi connectivity index (χ0n) is 12.3. The Labute approximate surface area is 132 Å². The molecule has 1 amide bonds. The molecule has 0 saturated carbocycles. The van der Waals surface area contributed by atoms with Crippen LogP contribution in [0.25, 0.3) is 0 Å². The van der Waals surface area contributed by atoms with Crippen molar-refractivity contribution in [1.82, 2.24) is 15.4 Å². The van der Waals surface area contributed by atoms with E-state index >= 15 is 0 Å². The molecule has 0 saturated heterocycles. The van der Waals surface area contributed by atoms with Crippen molar-refractivity contribution in [1.29, 1.82) is 0 Å². The van der Waals surface area contributed by atoms with Crippen molar-refractivity contribution in [3.8, 4) is 0 Å². The number of carbonyl (C=O) groups excluding carboxylic acids is 1. The van der Waals surface area contributed by atoms with Gasteiger partial charge in [-0.15, -0.1) is 12.4 Å². The molecule has 0 heterocycles. The van der Waals surface area contributed by atoms with Gasteiger partial charge in [-0.1, -0.05) is 18.2 Å². The Bertz CT molecular complexity index is 537. The van der Waals surface area contributed by atoms with Gasteiger partial charge in [0.2, 0.25) is 15.9 Å². The molecule has 8 heteroatoms. The predicted octanol–water partition coefficient (Wildman–Crippen LogP) is 0.499. The van der Waals surface area contributed by atoms with Crippen LogP contribution in [0.2, 0.25) is 0 Å². The molecule has 0 bridgehead atoms. The van der Waals surface area contributed by atoms with Crippen LogP contribution in [0.4, 0.5) is 0 Å². The number of amides is 1. The van der Waals surface area contributed by atoms with Gasteiger partial charge in [0.05, 0.1) is 10.9 Å². The number of halogens is 1. The maximum absolute atomic E-state index is 12.0. The van der Waals surface area contributed by atoms with Crippen LogP contribution in [-0.2, 0) is 14.8 Å². The standard InChI is InChI=1S/C13H21N3O3S.ClH/c1-10(14-3)9-15-13(17)11(2)16-20(18,19)12-7-5-4-6-8-12;/h4-8,10-11,14,16H,9H2,1-3H3,(H,15,17);1H. The van der Waals surface area contributed by atoms with E-state index < -0.39 is 16.1 Å². The maximum atomic E-state index is 12.0. The van der Waals surface area contributed by atoms with Crippen LogP contribution < -0.4 is 15.4 Å². The average molecular weight is 336 g/mol. The summed E-state index contributed by atoms with van der Waals surface area (Å²) in [5.74, 6) is -0.355. The van der Waals surface area contributed by atoms with Gasteiger partial charge < -0.3 is 10.6 Å². The summed E-state index contributed by atoms with van der Waals surface area (Å²) in [5, 5.41) is 5.66. The summed E-state index contributed by atoms with van der Waals surface area (Å²) in [7, 11) is -1.89. The number of likely N-dealkylation sites (N-methyl/N-ethyl adjacent to an activating group) is 1. The van der Waals surface area contributed by atoms with Gasteiger partial charge >= 0.3 is 0 Å². The van der Waals surface area contributed by atoms with E-state index in [-0.39, 0.29) is 29.3 Å². The smallest absolute Gasteiger partial charge is 0.241 e. The zero-order chi connectivity index (χ0) is 15.2. The molecule has 1 rings (SSSR count). The summed E-state index contributed by atoms with van der Waals surface area (Å²) in [6.45, 7) is 3.87. The molecule has 6 nitrogen and oxygen atoms in total. The lowest BCUT2D eigenvalue weighted by Crippen LogP contribution is -2.47. The normalized spacial score (nSPS) is 13.9. The lowest BCUT2D eigenvalue weighted by Gasteiger charge is -2.16. The highest BCUT2D eigenvalue weighted by molar-refractivity contribution is 7.89. The third kappa shape index (κ3) is 6.43. The molecule has 1 aromatic rings. The quantitative estimate of drug-likeness (QED) is 0.677. The second kappa shape index (κ2) is 8.99. The van der Waals surface area contributed by atoms with E-state index in [1.165, 1.54) is 19.1 Å². The maximum Gasteiger partial charge on any atom is 0.241 e. The van der Waals surface area contributed by atoms with Crippen molar-refractivity contribution in [2.24, 2.45) is 0 Å². The molecule has 0 spiro atoms. The number of hydrogen-bond donors (Lipinski definition) is 3. The van der Waals surface area contributed by atoms with Crippen LogP contribution >= 0.6 is 12.4 Å². The Morgan fingerprint density at radius 3 is 2.29 bits per heavy atom. The fraction of sp³-hybridized carbons (Fsp3) is 0.462. The minimum absolute atomic E-state index is 0. The van der Waals surface area contributed by atoms with E-state index in [4.69, 9.17) is 0 Å². The Morgan fingerprint density at radius 2 is 1.76 bits per heavy atom. The first-order valence-electron chi connectivity index (χ1n) is 6.39. The molecule has 1 aromatic carbocycles. The Hall–Kier alpha value is -1.15. The van der Waals surface area contributed by atoms with Gasteiger partial charge in [-0.25, -0.2) is 8.42 Å². The first-order valence-corrected chi connectivity index (χ1v) is 7.87. The highest BCUT2D eigenvalue weighted by atomic mass is 35.5. The van der Waals surface area contributed by atoms with Crippen molar-refractivity contribution in [2.75, 3.05) is 13.6 Å². The first kappa shape index (κ1) is 19.9. The number of benzene rings is 1. The summed E-state index contributed by atoms with van der Waals surface area (Å²) >= 11 is 0. The van der Waals surface area contributed by atoms with Crippen LogP contribution in [0, 0.1) is 0 Å². The van der Waals surface area contributed by atoms with Crippen molar-refractivity contribution < 1.29 is 13.2 Å². The monoisotopic (exact) mass is 335 g/mol. The summed E-state index contributed by atoms with van der Waals surface area (Å²) in [6, 6.07) is 7.25. The van der Waals surface area contributed by atoms with Gasteiger partial charge in [0, 0.05) is 12.6 Å². The van der Waals surface area contributed by atoms with Crippen molar-refractivity contribution in [2.45, 2.75) is 30.8 Å². The molecule has 0 aromatic heterocycles. The highest BCUT2D eigenvalue weighted by Gasteiger charge is 2.21. The SMILES string of the molecule is CNC(C)CNC(=O)C(C)NS(=O)(=O)c1ccccc1.Cl. The Kier molecular flexibility index (Phi) is 8.50. The van der Waals surface area contributed by atoms with Crippen molar-refractivity contribution in [3.63, 3.8) is 0 Å². The van der Waals surface area contributed by atoms with Crippen molar-refractivity contribution in [3.05, 3.63) is 30.3 Å². The third-order valence-corrected chi connectivity index (χ3v) is 4.41. The van der Waals surface area contributed by atoms with Crippen LogP contribution in [0.1, 0.15) is 13.8 Å². The van der Waals surface area contributed by atoms with E-state index in [1.54, 1.807) is 25.2 Å². The van der Waals surface area contributed by atoms with Crippen LogP contribution in [0.5, 0.6) is 0 Å². The molecule has 120 valence electrons. The molecule has 0 aliphatic heterocycles. The number of hydrogen-bond acceptors (Lipinski definition) is 4. The fourth-order valence-corrected chi connectivity index (χ4v) is 2.69. The van der Waals surface area contributed by atoms with Gasteiger partial charge in [-0.05, 0) is 33.0 Å². The number of carbonyl (C=O) groups is 1. The molecule has 2 unspecified atom stereocenters. The third-order valence-electron chi connectivity index (χ3n) is 2.85. The van der Waals surface area contributed by atoms with E-state index in [1.807, 2.05) is 6.92 Å². The number of rotatable bonds is 7. The molecule has 0 radical (unpaired) electrons. The topological polar surface area (TPSA) is 87.3 Å². The van der Waals surface area contributed by atoms with Gasteiger partial charge in [-0.2, -0.15) is 4.72 Å². The average Bonchev–Trinajstić information content (AvgIpc) is 2.44. The number of sulfonamides is 1. The van der Waals surface area contributed by atoms with E-state index in [0.29, 0.717) is 6.54 Å². The lowest BCUT2D eigenvalue weighted by atomic mass is 10.3. The van der Waals surface area contributed by atoms with E-state index in [2.05, 4.69) is 15.4 Å². The van der Waals surface area contributed by atoms with Crippen molar-refractivity contribution >= 4 is 28.3 Å². The predicted molar refractivity (Wildman–Crippen MR) is 85.0 cm³/mol. The fourth-order valence-electron chi connectivity index (χ4n) is 1.46. The van der Waals surface area contributed by atoms with E-state index in [9.17, 15) is 13.2 Å². The molecular weight excluding hydrogens is 314 g/mol. The minimum atomic E-state index is -3.68. The largest absolute Gasteiger partial charge is 0.353 e. The molecule has 0 aliphatic carbocycles. The van der Waals surface area contributed by atoms with Gasteiger partial charge in [0.25, 0.3) is 0 Å². The molecule has 0 aliphatic rings. The lowest BCUT2D eigenvalue weighted by molar-refractivity contribution is -0.122. The second-order valence-corrected chi connectivity index (χ2v) is 6.30. The number of nitrogens with one attached hydrogen (secondary N) is 3. The molecule has 3 N–H and O–H groups in total. The van der Waals surface area contributed by atoms with Crippen LogP contribution in [0.3, 0.4) is 0 Å². The molecule has 2 atom stereocenters. The summed E-state index contributed by atoms with van der Waals surface area (Å²) < 4.78 is 26.4. The summed E-state index contributed by atoms with van der Waals surface area (Å²) in [4.78, 5) is 11.9. The minimum Gasteiger partial charge on any atom is -0.353 e. The molecular formula is C13H22ClN3O3S. The van der Waals surface area contributed by atoms with Gasteiger partial charge in [0.1, 0.15) is 0 Å². The van der Waals surface area contributed by atoms with Gasteiger partial charge in [0.15, 0.2) is 0 Å². The zero-order valence-corrected chi connectivity index (χ0v) is 13.9. The summed E-state index contributed by atoms with van der Waals surface area (Å²) in [6.07, 6.45) is 0. The first-order chi connectivity index (χ1) is 9.36. The molecule has 0 fully saturated rings. The summed E-state index contributed by atoms with van der Waals surface area (Å²) in [5.41, 5.74) is 0. The van der Waals surface area contributed by atoms with Crippen LogP contribution in [-0.4, -0.2) is 40.0 Å². The highest BCUT2D eigenvalue weighted by Crippen LogP contribution is 2.07. The van der Waals surface area contributed by atoms with Crippen LogP contribution in [0.15, 0.2) is 35.2 Å². The van der Waals surface area contributed by atoms with Gasteiger partial charge in [-0.3, -0.25) is 4.79 Å². The second-order valence-electron chi connectivity index (χ2n) is 4.59. The molecule has 21 heavy (non-hydrogen) atoms. The van der Waals surface area contributed by atoms with E-state index in [0.717, 1.165) is 0 Å².